The number of hydrogen-bond acceptors (Lipinski definition) is 11. The molecule has 2 aromatic heterocycles. The molecular weight excluding hydrogens is 753 g/mol. The second-order valence-electron chi connectivity index (χ2n) is 12.4. The molecule has 55 heavy (non-hydrogen) atoms. The number of carboxylic acid groups (broad SMARTS) is 2. The minimum absolute atomic E-state index is 0.0207. The number of nitrogens with two attached hydrogens (primary N) is 2. The number of hydrogen-bond donors (Lipinski definition) is 4. The molecule has 0 radical (unpaired) electrons. The molecule has 6 rings (SSSR count). The molecule has 15 nitrogen and oxygen atoms in total. The van der Waals surface area contributed by atoms with Crippen LogP contribution in [0.2, 0.25) is 0 Å². The van der Waals surface area contributed by atoms with Gasteiger partial charge in [0.15, 0.2) is 11.5 Å². The van der Waals surface area contributed by atoms with Gasteiger partial charge in [-0.25, -0.2) is 31.9 Å². The maximum atomic E-state index is 11.9. The Morgan fingerprint density at radius 1 is 0.655 bits per heavy atom. The van der Waals surface area contributed by atoms with Crippen molar-refractivity contribution in [2.45, 2.75) is 36.2 Å². The Hall–Kier alpha value is -5.98. The molecule has 0 aliphatic carbocycles. The lowest BCUT2D eigenvalue weighted by Gasteiger charge is -2.15. The molecule has 0 amide bonds. The fourth-order valence-corrected chi connectivity index (χ4v) is 6.69. The number of nitrogens with zero attached hydrogens (tertiary/aromatic N) is 2. The Morgan fingerprint density at radius 3 is 1.51 bits per heavy atom. The molecule has 0 aliphatic heterocycles. The largest absolute Gasteiger partial charge is 0.481 e. The number of aliphatic carboxylic acids is 2. The Kier molecular flexibility index (Phi) is 12.4. The summed E-state index contributed by atoms with van der Waals surface area (Å²) in [5.74, 6) is -2.71. The summed E-state index contributed by atoms with van der Waals surface area (Å²) < 4.78 is 62.0. The Labute approximate surface area is 316 Å². The Morgan fingerprint density at radius 2 is 1.09 bits per heavy atom. The smallest absolute Gasteiger partial charge is 0.329 e. The second-order valence-corrected chi connectivity index (χ2v) is 15.5. The zero-order valence-electron chi connectivity index (χ0n) is 29.4. The molecular formula is C38H36N4O11S2. The summed E-state index contributed by atoms with van der Waals surface area (Å²) in [5, 5.41) is 37.0. The quantitative estimate of drug-likeness (QED) is 0.109. The van der Waals surface area contributed by atoms with Gasteiger partial charge in [0.2, 0.25) is 20.0 Å². The van der Waals surface area contributed by atoms with Crippen LogP contribution < -0.4 is 10.3 Å². The van der Waals surface area contributed by atoms with Crippen molar-refractivity contribution in [3.05, 3.63) is 121 Å². The summed E-state index contributed by atoms with van der Waals surface area (Å²) in [6, 6.07) is 30.3. The van der Waals surface area contributed by atoms with Gasteiger partial charge in [0.25, 0.3) is 0 Å². The number of benzene rings is 4. The molecule has 0 aliphatic rings. The number of primary sulfonamides is 2. The molecule has 0 spiro atoms. The third-order valence-corrected chi connectivity index (χ3v) is 10.1. The Balaban J connectivity index is 0.000000211. The van der Waals surface area contributed by atoms with E-state index >= 15 is 0 Å². The highest BCUT2D eigenvalue weighted by Crippen LogP contribution is 2.41. The van der Waals surface area contributed by atoms with Gasteiger partial charge >= 0.3 is 11.9 Å². The van der Waals surface area contributed by atoms with Gasteiger partial charge in [-0.3, -0.25) is 4.79 Å². The van der Waals surface area contributed by atoms with Crippen LogP contribution in [-0.4, -0.2) is 55.9 Å². The summed E-state index contributed by atoms with van der Waals surface area (Å²) in [6.07, 6.45) is 0. The van der Waals surface area contributed by atoms with Crippen LogP contribution in [0.1, 0.15) is 31.3 Å². The number of carbonyl (C=O) groups is 2. The van der Waals surface area contributed by atoms with E-state index in [9.17, 15) is 31.5 Å². The normalized spacial score (nSPS) is 12.2. The third-order valence-electron chi connectivity index (χ3n) is 8.19. The zero-order valence-corrected chi connectivity index (χ0v) is 31.0. The van der Waals surface area contributed by atoms with Crippen LogP contribution in [0.15, 0.2) is 128 Å². The van der Waals surface area contributed by atoms with Crippen molar-refractivity contribution in [3.8, 4) is 44.8 Å². The van der Waals surface area contributed by atoms with E-state index in [1.54, 1.807) is 38.1 Å². The molecule has 0 bridgehead atoms. The molecule has 17 heteroatoms. The van der Waals surface area contributed by atoms with Crippen molar-refractivity contribution >= 4 is 32.0 Å². The maximum Gasteiger partial charge on any atom is 0.329 e. The standard InChI is InChI=1S/C20H20N2O5S.C18H16N2O6S/c1-12(2)16(20(23)24)19-17(13-8-10-15(11-9-13)28(21,25)26)18(22-27-19)14-6-4-3-5-7-14;19-27(23,24)14-8-6-12(7-9-14)17-15(10-25-11-16(21)22)26-20-18(17)13-4-2-1-3-5-13/h3-12,16H,1-2H3,(H,23,24)(H2,21,25,26);1-9H,10-11H2,(H,21,22)(H2,19,23,24). The highest BCUT2D eigenvalue weighted by molar-refractivity contribution is 7.89. The number of aromatic nitrogens is 2. The maximum absolute atomic E-state index is 11.9. The number of ether oxygens (including phenoxy) is 1. The lowest BCUT2D eigenvalue weighted by molar-refractivity contribution is -0.143. The van der Waals surface area contributed by atoms with E-state index in [0.29, 0.717) is 39.4 Å². The first-order chi connectivity index (χ1) is 26.1. The van der Waals surface area contributed by atoms with Crippen molar-refractivity contribution in [2.24, 2.45) is 16.2 Å². The van der Waals surface area contributed by atoms with Crippen molar-refractivity contribution in [3.63, 3.8) is 0 Å². The minimum Gasteiger partial charge on any atom is -0.481 e. The van der Waals surface area contributed by atoms with Gasteiger partial charge < -0.3 is 24.0 Å². The summed E-state index contributed by atoms with van der Waals surface area (Å²) in [4.78, 5) is 22.5. The molecule has 0 saturated heterocycles. The Bertz CT molecular complexity index is 2480. The average molecular weight is 789 g/mol. The van der Waals surface area contributed by atoms with Crippen molar-refractivity contribution in [1.82, 2.24) is 10.3 Å². The van der Waals surface area contributed by atoms with Crippen LogP contribution in [0.5, 0.6) is 0 Å². The molecule has 0 saturated carbocycles. The first kappa shape index (κ1) is 40.2. The lowest BCUT2D eigenvalue weighted by Crippen LogP contribution is -2.17. The van der Waals surface area contributed by atoms with E-state index in [-0.39, 0.29) is 28.1 Å². The number of carboxylic acids is 2. The first-order valence-electron chi connectivity index (χ1n) is 16.4. The summed E-state index contributed by atoms with van der Waals surface area (Å²) in [6.45, 7) is 3.00. The van der Waals surface area contributed by atoms with Crippen LogP contribution in [0, 0.1) is 5.92 Å². The van der Waals surface area contributed by atoms with E-state index in [2.05, 4.69) is 10.3 Å². The molecule has 4 aromatic carbocycles. The van der Waals surface area contributed by atoms with Gasteiger partial charge in [-0.2, -0.15) is 0 Å². The third kappa shape index (κ3) is 9.77. The molecule has 1 unspecified atom stereocenters. The zero-order chi connectivity index (χ0) is 39.9. The van der Waals surface area contributed by atoms with Crippen molar-refractivity contribution in [2.75, 3.05) is 6.61 Å². The number of rotatable bonds is 13. The van der Waals surface area contributed by atoms with Crippen LogP contribution in [0.25, 0.3) is 44.8 Å². The first-order valence-corrected chi connectivity index (χ1v) is 19.5. The second kappa shape index (κ2) is 17.0. The average Bonchev–Trinajstić information content (AvgIpc) is 3.77. The predicted octanol–water partition coefficient (Wildman–Crippen LogP) is 5.74. The van der Waals surface area contributed by atoms with Crippen molar-refractivity contribution < 1.29 is 50.4 Å². The molecule has 6 N–H and O–H groups in total. The van der Waals surface area contributed by atoms with Crippen LogP contribution >= 0.6 is 0 Å². The predicted molar refractivity (Wildman–Crippen MR) is 200 cm³/mol. The van der Waals surface area contributed by atoms with Gasteiger partial charge in [-0.1, -0.05) is 109 Å². The van der Waals surface area contributed by atoms with Crippen LogP contribution in [-0.2, 0) is 41.0 Å². The van der Waals surface area contributed by atoms with Crippen molar-refractivity contribution in [1.29, 1.82) is 0 Å². The monoisotopic (exact) mass is 788 g/mol. The van der Waals surface area contributed by atoms with Gasteiger partial charge in [0, 0.05) is 11.1 Å². The topological polar surface area (TPSA) is 256 Å². The van der Waals surface area contributed by atoms with E-state index in [1.807, 2.05) is 60.7 Å². The van der Waals surface area contributed by atoms with Gasteiger partial charge in [-0.15, -0.1) is 0 Å². The lowest BCUT2D eigenvalue weighted by atomic mass is 9.87. The molecule has 286 valence electrons. The molecule has 0 fully saturated rings. The van der Waals surface area contributed by atoms with E-state index in [1.165, 1.54) is 24.3 Å². The SMILES string of the molecule is CC(C)C(C(=O)O)c1onc(-c2ccccc2)c1-c1ccc(S(N)(=O)=O)cc1.NS(=O)(=O)c1ccc(-c2c(-c3ccccc3)noc2COCC(=O)O)cc1. The summed E-state index contributed by atoms with van der Waals surface area (Å²) in [5.41, 5.74) is 4.91. The van der Waals surface area contributed by atoms with Gasteiger partial charge in [0.05, 0.1) is 20.9 Å². The van der Waals surface area contributed by atoms with Crippen LogP contribution in [0.4, 0.5) is 0 Å². The summed E-state index contributed by atoms with van der Waals surface area (Å²) in [7, 11) is -7.65. The minimum atomic E-state index is -3.84. The van der Waals surface area contributed by atoms with E-state index in [4.69, 9.17) is 29.2 Å². The molecule has 1 atom stereocenters. The van der Waals surface area contributed by atoms with Gasteiger partial charge in [0.1, 0.15) is 30.5 Å². The highest BCUT2D eigenvalue weighted by Gasteiger charge is 2.33. The highest BCUT2D eigenvalue weighted by atomic mass is 32.2. The number of sulfonamides is 2. The molecule has 2 heterocycles. The van der Waals surface area contributed by atoms with E-state index < -0.39 is 44.5 Å². The fourth-order valence-electron chi connectivity index (χ4n) is 5.65. The summed E-state index contributed by atoms with van der Waals surface area (Å²) >= 11 is 0. The van der Waals surface area contributed by atoms with Crippen LogP contribution in [0.3, 0.4) is 0 Å². The molecule has 6 aromatic rings. The van der Waals surface area contributed by atoms with Gasteiger partial charge in [-0.05, 0) is 41.3 Å². The van der Waals surface area contributed by atoms with E-state index in [0.717, 1.165) is 11.1 Å². The fraction of sp³-hybridized carbons (Fsp3) is 0.158.